The largest absolute Gasteiger partial charge is 0.465 e. The summed E-state index contributed by atoms with van der Waals surface area (Å²) in [6.45, 7) is 3.11. The third kappa shape index (κ3) is 3.24. The molecule has 0 saturated heterocycles. The van der Waals surface area contributed by atoms with Crippen molar-refractivity contribution >= 4 is 11.9 Å². The van der Waals surface area contributed by atoms with Crippen LogP contribution in [-0.4, -0.2) is 25.7 Å². The summed E-state index contributed by atoms with van der Waals surface area (Å²) in [5.41, 5.74) is 5.12. The van der Waals surface area contributed by atoms with Crippen LogP contribution in [0.1, 0.15) is 35.7 Å². The Morgan fingerprint density at radius 1 is 1.38 bits per heavy atom. The molecule has 1 aliphatic rings. The van der Waals surface area contributed by atoms with Crippen molar-refractivity contribution in [2.24, 2.45) is 5.73 Å². The van der Waals surface area contributed by atoms with Crippen LogP contribution in [0, 0.1) is 17.1 Å². The molecule has 0 radical (unpaired) electrons. The molecule has 1 aromatic carbocycles. The summed E-state index contributed by atoms with van der Waals surface area (Å²) in [5.74, 6) is -3.89. The minimum Gasteiger partial charge on any atom is -0.465 e. The molecule has 26 heavy (non-hydrogen) atoms. The minimum atomic E-state index is -1.26. The van der Waals surface area contributed by atoms with Gasteiger partial charge in [-0.15, -0.1) is 0 Å². The average Bonchev–Trinajstić information content (AvgIpc) is 2.60. The van der Waals surface area contributed by atoms with Crippen molar-refractivity contribution in [1.82, 2.24) is 0 Å². The normalized spacial score (nSPS) is 16.7. The molecule has 136 valence electrons. The van der Waals surface area contributed by atoms with Gasteiger partial charge in [-0.3, -0.25) is 0 Å². The lowest BCUT2D eigenvalue weighted by Gasteiger charge is -2.28. The molecule has 0 aliphatic carbocycles. The molecule has 0 spiro atoms. The Morgan fingerprint density at radius 2 is 2.08 bits per heavy atom. The standard InChI is InChI=1S/C18H17FN2O5/c1-4-25-18(23)13-9(2)26-16(21)11(8-20)15(13)14-10(17(22)24-3)6-5-7-12(14)19/h5-7,15H,4,21H2,1-3H3. The number of hydrogen-bond acceptors (Lipinski definition) is 7. The van der Waals surface area contributed by atoms with Crippen LogP contribution in [-0.2, 0) is 19.0 Å². The van der Waals surface area contributed by atoms with Crippen LogP contribution in [0.3, 0.4) is 0 Å². The number of carbonyl (C=O) groups excluding carboxylic acids is 2. The fourth-order valence-corrected chi connectivity index (χ4v) is 2.76. The van der Waals surface area contributed by atoms with E-state index in [2.05, 4.69) is 4.74 Å². The second-order valence-electron chi connectivity index (χ2n) is 5.31. The van der Waals surface area contributed by atoms with Crippen LogP contribution in [0.4, 0.5) is 4.39 Å². The molecule has 1 heterocycles. The van der Waals surface area contributed by atoms with E-state index in [9.17, 15) is 19.2 Å². The number of allylic oxidation sites excluding steroid dienone is 2. The van der Waals surface area contributed by atoms with Gasteiger partial charge in [-0.2, -0.15) is 5.26 Å². The highest BCUT2D eigenvalue weighted by Crippen LogP contribution is 2.42. The number of ether oxygens (including phenoxy) is 3. The van der Waals surface area contributed by atoms with E-state index in [1.807, 2.05) is 6.07 Å². The molecule has 0 fully saturated rings. The fourth-order valence-electron chi connectivity index (χ4n) is 2.76. The van der Waals surface area contributed by atoms with Crippen molar-refractivity contribution in [3.05, 3.63) is 57.9 Å². The lowest BCUT2D eigenvalue weighted by molar-refractivity contribution is -0.139. The van der Waals surface area contributed by atoms with Gasteiger partial charge in [0.25, 0.3) is 0 Å². The number of nitrogens with zero attached hydrogens (tertiary/aromatic N) is 1. The van der Waals surface area contributed by atoms with E-state index in [1.54, 1.807) is 6.92 Å². The number of esters is 2. The average molecular weight is 360 g/mol. The highest BCUT2D eigenvalue weighted by atomic mass is 19.1. The molecule has 1 aliphatic heterocycles. The maximum Gasteiger partial charge on any atom is 0.338 e. The summed E-state index contributed by atoms with van der Waals surface area (Å²) in [4.78, 5) is 24.6. The number of methoxy groups -OCH3 is 1. The topological polar surface area (TPSA) is 112 Å². The second kappa shape index (κ2) is 7.70. The van der Waals surface area contributed by atoms with Crippen molar-refractivity contribution in [1.29, 1.82) is 5.26 Å². The van der Waals surface area contributed by atoms with Crippen molar-refractivity contribution in [2.75, 3.05) is 13.7 Å². The third-order valence-corrected chi connectivity index (χ3v) is 3.85. The van der Waals surface area contributed by atoms with E-state index < -0.39 is 23.7 Å². The molecular formula is C18H17FN2O5. The van der Waals surface area contributed by atoms with Gasteiger partial charge in [0.15, 0.2) is 0 Å². The van der Waals surface area contributed by atoms with Gasteiger partial charge in [0.1, 0.15) is 23.2 Å². The van der Waals surface area contributed by atoms with Crippen molar-refractivity contribution in [3.8, 4) is 6.07 Å². The maximum atomic E-state index is 14.7. The SMILES string of the molecule is CCOC(=O)C1=C(C)OC(N)=C(C#N)C1c1c(F)cccc1C(=O)OC. The summed E-state index contributed by atoms with van der Waals surface area (Å²) in [6.07, 6.45) is 0. The molecule has 1 aromatic rings. The lowest BCUT2D eigenvalue weighted by Crippen LogP contribution is -2.27. The summed E-state index contributed by atoms with van der Waals surface area (Å²) < 4.78 is 29.7. The Balaban J connectivity index is 2.81. The first-order chi connectivity index (χ1) is 12.4. The second-order valence-corrected chi connectivity index (χ2v) is 5.31. The van der Waals surface area contributed by atoms with Crippen molar-refractivity contribution in [3.63, 3.8) is 0 Å². The summed E-state index contributed by atoms with van der Waals surface area (Å²) in [5, 5.41) is 9.51. The van der Waals surface area contributed by atoms with Crippen molar-refractivity contribution < 1.29 is 28.2 Å². The minimum absolute atomic E-state index is 0.0593. The predicted molar refractivity (Wildman–Crippen MR) is 87.7 cm³/mol. The van der Waals surface area contributed by atoms with Crippen molar-refractivity contribution in [2.45, 2.75) is 19.8 Å². The quantitative estimate of drug-likeness (QED) is 0.820. The monoisotopic (exact) mass is 360 g/mol. The van der Waals surface area contributed by atoms with Crippen LogP contribution in [0.5, 0.6) is 0 Å². The molecule has 2 rings (SSSR count). The van der Waals surface area contributed by atoms with Gasteiger partial charge in [-0.05, 0) is 26.0 Å². The number of nitriles is 1. The first-order valence-corrected chi connectivity index (χ1v) is 7.69. The first-order valence-electron chi connectivity index (χ1n) is 7.69. The summed E-state index contributed by atoms with van der Waals surface area (Å²) >= 11 is 0. The Kier molecular flexibility index (Phi) is 5.62. The number of rotatable bonds is 4. The van der Waals surface area contributed by atoms with E-state index in [-0.39, 0.29) is 40.5 Å². The molecule has 0 saturated carbocycles. The van der Waals surface area contributed by atoms with E-state index in [0.29, 0.717) is 0 Å². The fraction of sp³-hybridized carbons (Fsp3) is 0.278. The third-order valence-electron chi connectivity index (χ3n) is 3.85. The number of benzene rings is 1. The molecular weight excluding hydrogens is 343 g/mol. The van der Waals surface area contributed by atoms with E-state index >= 15 is 0 Å². The number of carbonyl (C=O) groups is 2. The smallest absolute Gasteiger partial charge is 0.338 e. The number of hydrogen-bond donors (Lipinski definition) is 1. The van der Waals surface area contributed by atoms with E-state index in [0.717, 1.165) is 13.2 Å². The number of nitrogens with two attached hydrogens (primary N) is 1. The Labute approximate surface area is 149 Å². The highest BCUT2D eigenvalue weighted by Gasteiger charge is 2.39. The molecule has 1 unspecified atom stereocenters. The Hall–Kier alpha value is -3.34. The van der Waals surface area contributed by atoms with Gasteiger partial charge in [0.2, 0.25) is 5.88 Å². The molecule has 0 bridgehead atoms. The summed E-state index contributed by atoms with van der Waals surface area (Å²) in [6, 6.07) is 5.60. The van der Waals surface area contributed by atoms with E-state index in [1.165, 1.54) is 19.1 Å². The first kappa shape index (κ1) is 19.0. The van der Waals surface area contributed by atoms with Gasteiger partial charge in [0.05, 0.1) is 30.8 Å². The molecule has 8 heteroatoms. The van der Waals surface area contributed by atoms with Crippen LogP contribution >= 0.6 is 0 Å². The summed E-state index contributed by atoms with van der Waals surface area (Å²) in [7, 11) is 1.14. The van der Waals surface area contributed by atoms with Gasteiger partial charge in [0, 0.05) is 5.56 Å². The molecule has 2 N–H and O–H groups in total. The molecule has 7 nitrogen and oxygen atoms in total. The lowest BCUT2D eigenvalue weighted by atomic mass is 9.80. The number of halogens is 1. The van der Waals surface area contributed by atoms with Crippen LogP contribution in [0.25, 0.3) is 0 Å². The Morgan fingerprint density at radius 3 is 2.65 bits per heavy atom. The predicted octanol–water partition coefficient (Wildman–Crippen LogP) is 2.26. The zero-order valence-electron chi connectivity index (χ0n) is 14.5. The van der Waals surface area contributed by atoms with Gasteiger partial charge < -0.3 is 19.9 Å². The maximum absolute atomic E-state index is 14.7. The molecule has 0 amide bonds. The van der Waals surface area contributed by atoms with Crippen LogP contribution < -0.4 is 5.73 Å². The van der Waals surface area contributed by atoms with Gasteiger partial charge in [-0.1, -0.05) is 6.07 Å². The van der Waals surface area contributed by atoms with E-state index in [4.69, 9.17) is 15.2 Å². The van der Waals surface area contributed by atoms with Crippen LogP contribution in [0.2, 0.25) is 0 Å². The van der Waals surface area contributed by atoms with Crippen LogP contribution in [0.15, 0.2) is 41.0 Å². The Bertz CT molecular complexity index is 867. The zero-order valence-corrected chi connectivity index (χ0v) is 14.5. The highest BCUT2D eigenvalue weighted by molar-refractivity contribution is 5.96. The molecule has 0 aromatic heterocycles. The zero-order chi connectivity index (χ0) is 19.4. The van der Waals surface area contributed by atoms with Gasteiger partial charge >= 0.3 is 11.9 Å². The van der Waals surface area contributed by atoms with Gasteiger partial charge in [-0.25, -0.2) is 14.0 Å². The molecule has 1 atom stereocenters.